The number of aromatic amines is 1. The Morgan fingerprint density at radius 1 is 1.38 bits per heavy atom. The molecule has 0 unspecified atom stereocenters. The fraction of sp³-hybridized carbons (Fsp3) is 0.357. The zero-order valence-electron chi connectivity index (χ0n) is 12.7. The Labute approximate surface area is 140 Å². The zero-order valence-corrected chi connectivity index (χ0v) is 13.5. The van der Waals surface area contributed by atoms with Gasteiger partial charge in [0, 0.05) is 6.54 Å². The Hall–Kier alpha value is -2.36. The summed E-state index contributed by atoms with van der Waals surface area (Å²) >= 11 is 5.05. The minimum atomic E-state index is -4.74. The van der Waals surface area contributed by atoms with Crippen LogP contribution in [0.25, 0.3) is 0 Å². The lowest BCUT2D eigenvalue weighted by Crippen LogP contribution is -2.26. The summed E-state index contributed by atoms with van der Waals surface area (Å²) in [6.07, 6.45) is -4.70. The Balaban J connectivity index is 1.89. The molecule has 2 rings (SSSR count). The maximum absolute atomic E-state index is 12.1. The number of halogens is 3. The molecule has 2 N–H and O–H groups in total. The van der Waals surface area contributed by atoms with E-state index in [2.05, 4.69) is 20.3 Å². The van der Waals surface area contributed by atoms with E-state index >= 15 is 0 Å². The third-order valence-electron chi connectivity index (χ3n) is 3.12. The molecule has 1 aromatic heterocycles. The molecule has 0 atom stereocenters. The van der Waals surface area contributed by atoms with E-state index in [0.717, 1.165) is 0 Å². The molecule has 0 aliphatic rings. The highest BCUT2D eigenvalue weighted by molar-refractivity contribution is 7.71. The molecule has 0 aliphatic heterocycles. The van der Waals surface area contributed by atoms with Crippen molar-refractivity contribution < 1.29 is 22.7 Å². The van der Waals surface area contributed by atoms with Crippen LogP contribution in [0.2, 0.25) is 0 Å². The van der Waals surface area contributed by atoms with E-state index in [1.54, 1.807) is 4.57 Å². The number of carbonyl (C=O) groups is 1. The molecule has 0 saturated heterocycles. The van der Waals surface area contributed by atoms with Crippen molar-refractivity contribution in [1.82, 2.24) is 20.1 Å². The van der Waals surface area contributed by atoms with Crippen LogP contribution in [0.1, 0.15) is 18.3 Å². The molecule has 1 aromatic carbocycles. The Morgan fingerprint density at radius 2 is 2.04 bits per heavy atom. The normalized spacial score (nSPS) is 11.3. The van der Waals surface area contributed by atoms with Crippen LogP contribution in [0.5, 0.6) is 5.75 Å². The maximum Gasteiger partial charge on any atom is 0.573 e. The number of benzene rings is 1. The lowest BCUT2D eigenvalue weighted by Gasteiger charge is -2.09. The molecular formula is C14H15F3N4O2S. The summed E-state index contributed by atoms with van der Waals surface area (Å²) in [5.41, 5.74) is 0.566. The first-order chi connectivity index (χ1) is 11.3. The van der Waals surface area contributed by atoms with Gasteiger partial charge in [-0.25, -0.2) is 0 Å². The number of hydrogen-bond donors (Lipinski definition) is 2. The van der Waals surface area contributed by atoms with E-state index in [1.807, 2.05) is 6.92 Å². The van der Waals surface area contributed by atoms with Crippen LogP contribution in [-0.4, -0.2) is 27.0 Å². The molecule has 2 aromatic rings. The number of ether oxygens (including phenoxy) is 1. The van der Waals surface area contributed by atoms with Gasteiger partial charge in [0.15, 0.2) is 10.6 Å². The Morgan fingerprint density at radius 3 is 2.62 bits per heavy atom. The highest BCUT2D eigenvalue weighted by Crippen LogP contribution is 2.22. The third-order valence-corrected chi connectivity index (χ3v) is 3.43. The largest absolute Gasteiger partial charge is 0.573 e. The lowest BCUT2D eigenvalue weighted by atomic mass is 10.1. The van der Waals surface area contributed by atoms with E-state index < -0.39 is 6.36 Å². The summed E-state index contributed by atoms with van der Waals surface area (Å²) < 4.78 is 42.2. The molecule has 0 bridgehead atoms. The summed E-state index contributed by atoms with van der Waals surface area (Å²) in [5.74, 6) is -0.00835. The predicted octanol–water partition coefficient (Wildman–Crippen LogP) is 2.72. The topological polar surface area (TPSA) is 71.9 Å². The Kier molecular flexibility index (Phi) is 5.60. The first-order valence-corrected chi connectivity index (χ1v) is 7.45. The van der Waals surface area contributed by atoms with Crippen molar-refractivity contribution in [2.75, 3.05) is 0 Å². The predicted molar refractivity (Wildman–Crippen MR) is 81.8 cm³/mol. The van der Waals surface area contributed by atoms with Crippen LogP contribution >= 0.6 is 12.2 Å². The third kappa shape index (κ3) is 5.08. The molecule has 0 radical (unpaired) electrons. The monoisotopic (exact) mass is 360 g/mol. The standard InChI is InChI=1S/C14H15F3N4O2S/c1-2-21-11(19-20-13(21)24)8-18-12(22)7-9-3-5-10(6-4-9)23-14(15,16)17/h3-6H,2,7-8H2,1H3,(H,18,22)(H,20,24). The van der Waals surface area contributed by atoms with E-state index in [-0.39, 0.29) is 24.6 Å². The van der Waals surface area contributed by atoms with Gasteiger partial charge < -0.3 is 14.6 Å². The van der Waals surface area contributed by atoms with E-state index in [9.17, 15) is 18.0 Å². The average molecular weight is 360 g/mol. The van der Waals surface area contributed by atoms with Crippen molar-refractivity contribution in [3.8, 4) is 5.75 Å². The van der Waals surface area contributed by atoms with Crippen LogP contribution in [0.4, 0.5) is 13.2 Å². The van der Waals surface area contributed by atoms with E-state index in [1.165, 1.54) is 24.3 Å². The molecule has 1 amide bonds. The summed E-state index contributed by atoms with van der Waals surface area (Å²) in [4.78, 5) is 11.9. The van der Waals surface area contributed by atoms with Gasteiger partial charge in [0.2, 0.25) is 5.91 Å². The second-order valence-corrected chi connectivity index (χ2v) is 5.22. The molecule has 10 heteroatoms. The van der Waals surface area contributed by atoms with Crippen LogP contribution in [0, 0.1) is 4.77 Å². The smallest absolute Gasteiger partial charge is 0.406 e. The number of nitrogens with one attached hydrogen (secondary N) is 2. The Bertz CT molecular complexity index is 753. The average Bonchev–Trinajstić information content (AvgIpc) is 2.86. The van der Waals surface area contributed by atoms with Crippen molar-refractivity contribution in [2.45, 2.75) is 32.8 Å². The van der Waals surface area contributed by atoms with Crippen LogP contribution in [0.15, 0.2) is 24.3 Å². The van der Waals surface area contributed by atoms with Gasteiger partial charge in [-0.1, -0.05) is 12.1 Å². The number of alkyl halides is 3. The van der Waals surface area contributed by atoms with Crippen molar-refractivity contribution in [2.24, 2.45) is 0 Å². The number of rotatable bonds is 6. The number of H-pyrrole nitrogens is 1. The summed E-state index contributed by atoms with van der Waals surface area (Å²) in [6, 6.07) is 5.14. The molecule has 0 aliphatic carbocycles. The van der Waals surface area contributed by atoms with Crippen LogP contribution in [-0.2, 0) is 24.3 Å². The molecule has 0 saturated carbocycles. The van der Waals surface area contributed by atoms with Crippen molar-refractivity contribution in [1.29, 1.82) is 0 Å². The first kappa shape index (κ1) is 18.0. The summed E-state index contributed by atoms with van der Waals surface area (Å²) in [7, 11) is 0. The molecule has 24 heavy (non-hydrogen) atoms. The first-order valence-electron chi connectivity index (χ1n) is 7.04. The van der Waals surface area contributed by atoms with E-state index in [0.29, 0.717) is 22.7 Å². The SMILES string of the molecule is CCn1c(CNC(=O)Cc2ccc(OC(F)(F)F)cc2)n[nH]c1=S. The van der Waals surface area contributed by atoms with E-state index in [4.69, 9.17) is 12.2 Å². The van der Waals surface area contributed by atoms with Crippen molar-refractivity contribution in [3.63, 3.8) is 0 Å². The highest BCUT2D eigenvalue weighted by atomic mass is 32.1. The lowest BCUT2D eigenvalue weighted by molar-refractivity contribution is -0.274. The molecule has 1 heterocycles. The van der Waals surface area contributed by atoms with Gasteiger partial charge in [0.1, 0.15) is 5.75 Å². The second kappa shape index (κ2) is 7.47. The molecule has 130 valence electrons. The summed E-state index contributed by atoms with van der Waals surface area (Å²) in [6.45, 7) is 2.73. The number of aromatic nitrogens is 3. The number of nitrogens with zero attached hydrogens (tertiary/aromatic N) is 2. The fourth-order valence-corrected chi connectivity index (χ4v) is 2.33. The molecular weight excluding hydrogens is 345 g/mol. The molecule has 0 fully saturated rings. The molecule has 6 nitrogen and oxygen atoms in total. The van der Waals surface area contributed by atoms with Gasteiger partial charge >= 0.3 is 6.36 Å². The van der Waals surface area contributed by atoms with Gasteiger partial charge in [0.05, 0.1) is 13.0 Å². The quantitative estimate of drug-likeness (QED) is 0.777. The second-order valence-electron chi connectivity index (χ2n) is 4.83. The maximum atomic E-state index is 12.1. The van der Waals surface area contributed by atoms with Gasteiger partial charge in [-0.2, -0.15) is 5.10 Å². The highest BCUT2D eigenvalue weighted by Gasteiger charge is 2.30. The van der Waals surface area contributed by atoms with Gasteiger partial charge in [-0.05, 0) is 36.8 Å². The van der Waals surface area contributed by atoms with Gasteiger partial charge in [-0.3, -0.25) is 9.89 Å². The van der Waals surface area contributed by atoms with Gasteiger partial charge in [0.25, 0.3) is 0 Å². The van der Waals surface area contributed by atoms with Crippen LogP contribution < -0.4 is 10.1 Å². The number of amides is 1. The van der Waals surface area contributed by atoms with Crippen molar-refractivity contribution in [3.05, 3.63) is 40.4 Å². The molecule has 0 spiro atoms. The number of carbonyl (C=O) groups excluding carboxylic acids is 1. The van der Waals surface area contributed by atoms with Crippen LogP contribution in [0.3, 0.4) is 0 Å². The summed E-state index contributed by atoms with van der Waals surface area (Å²) in [5, 5.41) is 9.35. The minimum absolute atomic E-state index is 0.0313. The number of hydrogen-bond acceptors (Lipinski definition) is 4. The van der Waals surface area contributed by atoms with Gasteiger partial charge in [-0.15, -0.1) is 13.2 Å². The fourth-order valence-electron chi connectivity index (χ4n) is 2.05. The van der Waals surface area contributed by atoms with Crippen molar-refractivity contribution >= 4 is 18.1 Å². The zero-order chi connectivity index (χ0) is 17.7. The minimum Gasteiger partial charge on any atom is -0.406 e.